The molecule has 2 aromatic rings. The van der Waals surface area contributed by atoms with E-state index < -0.39 is 0 Å². The normalized spacial score (nSPS) is 16.8. The van der Waals surface area contributed by atoms with Gasteiger partial charge >= 0.3 is 0 Å². The SMILES string of the molecule is O=C(CC(c1ccccc1)C1CC1)NCC(=O)N1CCc2ccccc21. The minimum atomic E-state index is -0.0361. The van der Waals surface area contributed by atoms with E-state index in [0.717, 1.165) is 12.1 Å². The Hall–Kier alpha value is -2.62. The van der Waals surface area contributed by atoms with Gasteiger partial charge in [0.25, 0.3) is 0 Å². The summed E-state index contributed by atoms with van der Waals surface area (Å²) in [7, 11) is 0. The number of rotatable bonds is 6. The molecule has 134 valence electrons. The Labute approximate surface area is 154 Å². The Balaban J connectivity index is 1.33. The third-order valence-electron chi connectivity index (χ3n) is 5.45. The monoisotopic (exact) mass is 348 g/mol. The van der Waals surface area contributed by atoms with Crippen LogP contribution >= 0.6 is 0 Å². The fraction of sp³-hybridized carbons (Fsp3) is 0.364. The van der Waals surface area contributed by atoms with Gasteiger partial charge in [0.2, 0.25) is 11.8 Å². The summed E-state index contributed by atoms with van der Waals surface area (Å²) in [6, 6.07) is 18.2. The molecule has 0 aromatic heterocycles. The zero-order valence-corrected chi connectivity index (χ0v) is 14.9. The quantitative estimate of drug-likeness (QED) is 0.871. The van der Waals surface area contributed by atoms with Crippen molar-refractivity contribution in [1.82, 2.24) is 5.32 Å². The van der Waals surface area contributed by atoms with Gasteiger partial charge in [0.15, 0.2) is 0 Å². The lowest BCUT2D eigenvalue weighted by molar-refractivity contribution is -0.125. The van der Waals surface area contributed by atoms with Crippen LogP contribution in [-0.2, 0) is 16.0 Å². The van der Waals surface area contributed by atoms with Gasteiger partial charge in [-0.3, -0.25) is 9.59 Å². The van der Waals surface area contributed by atoms with Crippen molar-refractivity contribution in [2.75, 3.05) is 18.0 Å². The van der Waals surface area contributed by atoms with Crippen molar-refractivity contribution < 1.29 is 9.59 Å². The lowest BCUT2D eigenvalue weighted by atomic mass is 9.91. The summed E-state index contributed by atoms with van der Waals surface area (Å²) < 4.78 is 0. The van der Waals surface area contributed by atoms with Crippen molar-refractivity contribution in [3.05, 3.63) is 65.7 Å². The fourth-order valence-electron chi connectivity index (χ4n) is 3.89. The standard InChI is InChI=1S/C22H24N2O2/c25-21(14-19(17-10-11-17)16-6-2-1-3-7-16)23-15-22(26)24-13-12-18-8-4-5-9-20(18)24/h1-9,17,19H,10-15H2,(H,23,25). The Bertz CT molecular complexity index is 799. The molecule has 1 unspecified atom stereocenters. The van der Waals surface area contributed by atoms with Gasteiger partial charge in [-0.2, -0.15) is 0 Å². The Morgan fingerprint density at radius 3 is 2.54 bits per heavy atom. The first-order chi connectivity index (χ1) is 12.7. The third-order valence-corrected chi connectivity index (χ3v) is 5.45. The molecule has 1 N–H and O–H groups in total. The smallest absolute Gasteiger partial charge is 0.246 e. The molecule has 2 aromatic carbocycles. The van der Waals surface area contributed by atoms with Crippen molar-refractivity contribution in [1.29, 1.82) is 0 Å². The van der Waals surface area contributed by atoms with Crippen molar-refractivity contribution in [3.8, 4) is 0 Å². The molecule has 4 heteroatoms. The highest BCUT2D eigenvalue weighted by Crippen LogP contribution is 2.44. The number of nitrogens with one attached hydrogen (secondary N) is 1. The Morgan fingerprint density at radius 1 is 1.04 bits per heavy atom. The van der Waals surface area contributed by atoms with Crippen molar-refractivity contribution in [3.63, 3.8) is 0 Å². The van der Waals surface area contributed by atoms with Crippen molar-refractivity contribution in [2.24, 2.45) is 5.92 Å². The molecule has 0 spiro atoms. The van der Waals surface area contributed by atoms with E-state index in [-0.39, 0.29) is 24.3 Å². The minimum Gasteiger partial charge on any atom is -0.347 e. The molecule has 0 radical (unpaired) electrons. The maximum absolute atomic E-state index is 12.5. The van der Waals surface area contributed by atoms with E-state index in [4.69, 9.17) is 0 Å². The van der Waals surface area contributed by atoms with Gasteiger partial charge in [0.1, 0.15) is 0 Å². The molecule has 2 amide bonds. The van der Waals surface area contributed by atoms with Crippen molar-refractivity contribution >= 4 is 17.5 Å². The molecule has 1 fully saturated rings. The highest BCUT2D eigenvalue weighted by atomic mass is 16.2. The van der Waals surface area contributed by atoms with E-state index in [2.05, 4.69) is 23.5 Å². The van der Waals surface area contributed by atoms with E-state index in [0.29, 0.717) is 18.9 Å². The van der Waals surface area contributed by atoms with E-state index in [1.807, 2.05) is 36.4 Å². The van der Waals surface area contributed by atoms with E-state index in [9.17, 15) is 9.59 Å². The van der Waals surface area contributed by atoms with E-state index in [1.165, 1.54) is 24.0 Å². The number of hydrogen-bond donors (Lipinski definition) is 1. The fourth-order valence-corrected chi connectivity index (χ4v) is 3.89. The number of carbonyl (C=O) groups excluding carboxylic acids is 2. The molecule has 0 bridgehead atoms. The van der Waals surface area contributed by atoms with Crippen LogP contribution in [0, 0.1) is 5.92 Å². The first kappa shape index (κ1) is 16.8. The van der Waals surface area contributed by atoms with Crippen LogP contribution in [0.3, 0.4) is 0 Å². The van der Waals surface area contributed by atoms with Crippen LogP contribution in [0.15, 0.2) is 54.6 Å². The second-order valence-electron chi connectivity index (χ2n) is 7.26. The van der Waals surface area contributed by atoms with Crippen LogP contribution in [0.5, 0.6) is 0 Å². The molecule has 2 aliphatic rings. The second kappa shape index (κ2) is 7.32. The molecule has 1 heterocycles. The van der Waals surface area contributed by atoms with E-state index in [1.54, 1.807) is 4.90 Å². The first-order valence-corrected chi connectivity index (χ1v) is 9.42. The first-order valence-electron chi connectivity index (χ1n) is 9.42. The largest absolute Gasteiger partial charge is 0.347 e. The summed E-state index contributed by atoms with van der Waals surface area (Å²) in [5, 5.41) is 2.84. The summed E-state index contributed by atoms with van der Waals surface area (Å²) in [5.74, 6) is 0.792. The molecule has 26 heavy (non-hydrogen) atoms. The van der Waals surface area contributed by atoms with Gasteiger partial charge in [-0.05, 0) is 48.3 Å². The zero-order chi connectivity index (χ0) is 17.9. The lowest BCUT2D eigenvalue weighted by Crippen LogP contribution is -2.39. The predicted octanol–water partition coefficient (Wildman–Crippen LogP) is 3.28. The molecule has 4 rings (SSSR count). The van der Waals surface area contributed by atoms with Crippen LogP contribution in [0.4, 0.5) is 5.69 Å². The average Bonchev–Trinajstić information content (AvgIpc) is 3.43. The summed E-state index contributed by atoms with van der Waals surface area (Å²) >= 11 is 0. The number of anilines is 1. The van der Waals surface area contributed by atoms with Gasteiger partial charge in [-0.15, -0.1) is 0 Å². The van der Waals surface area contributed by atoms with Crippen LogP contribution in [0.1, 0.15) is 36.3 Å². The van der Waals surface area contributed by atoms with Crippen molar-refractivity contribution in [2.45, 2.75) is 31.6 Å². The summed E-state index contributed by atoms with van der Waals surface area (Å²) in [6.07, 6.45) is 3.72. The maximum Gasteiger partial charge on any atom is 0.246 e. The number of carbonyl (C=O) groups is 2. The number of amides is 2. The molecule has 1 aliphatic heterocycles. The van der Waals surface area contributed by atoms with Gasteiger partial charge in [-0.25, -0.2) is 0 Å². The zero-order valence-electron chi connectivity index (χ0n) is 14.9. The van der Waals surface area contributed by atoms with Gasteiger partial charge in [-0.1, -0.05) is 48.5 Å². The van der Waals surface area contributed by atoms with Gasteiger partial charge < -0.3 is 10.2 Å². The maximum atomic E-state index is 12.5. The minimum absolute atomic E-state index is 0.0356. The van der Waals surface area contributed by atoms with Crippen LogP contribution in [0.25, 0.3) is 0 Å². The predicted molar refractivity (Wildman–Crippen MR) is 102 cm³/mol. The van der Waals surface area contributed by atoms with Crippen LogP contribution < -0.4 is 10.2 Å². The number of nitrogens with zero attached hydrogens (tertiary/aromatic N) is 1. The molecule has 1 saturated carbocycles. The average molecular weight is 348 g/mol. The summed E-state index contributed by atoms with van der Waals surface area (Å²) in [4.78, 5) is 26.8. The van der Waals surface area contributed by atoms with Gasteiger partial charge in [0.05, 0.1) is 6.54 Å². The molecule has 1 aliphatic carbocycles. The molecule has 4 nitrogen and oxygen atoms in total. The van der Waals surface area contributed by atoms with E-state index >= 15 is 0 Å². The lowest BCUT2D eigenvalue weighted by Gasteiger charge is -2.19. The highest BCUT2D eigenvalue weighted by molar-refractivity contribution is 5.98. The number of hydrogen-bond acceptors (Lipinski definition) is 2. The Kier molecular flexibility index (Phi) is 4.74. The third kappa shape index (κ3) is 3.64. The number of fused-ring (bicyclic) bond motifs is 1. The summed E-state index contributed by atoms with van der Waals surface area (Å²) in [6.45, 7) is 0.766. The van der Waals surface area contributed by atoms with Crippen LogP contribution in [-0.4, -0.2) is 24.9 Å². The molecule has 0 saturated heterocycles. The topological polar surface area (TPSA) is 49.4 Å². The molecule has 1 atom stereocenters. The molecular weight excluding hydrogens is 324 g/mol. The number of para-hydroxylation sites is 1. The second-order valence-corrected chi connectivity index (χ2v) is 7.26. The van der Waals surface area contributed by atoms with Crippen LogP contribution in [0.2, 0.25) is 0 Å². The number of benzene rings is 2. The van der Waals surface area contributed by atoms with Gasteiger partial charge in [0, 0.05) is 18.7 Å². The summed E-state index contributed by atoms with van der Waals surface area (Å²) in [5.41, 5.74) is 3.40. The molecular formula is C22H24N2O2. The highest BCUT2D eigenvalue weighted by Gasteiger charge is 2.33. The Morgan fingerprint density at radius 2 is 1.77 bits per heavy atom.